The van der Waals surface area contributed by atoms with Gasteiger partial charge in [0.25, 0.3) is 6.43 Å². The van der Waals surface area contributed by atoms with Gasteiger partial charge in [-0.2, -0.15) is 5.26 Å². The quantitative estimate of drug-likeness (QED) is 0.464. The minimum atomic E-state index is -3.01. The molecule has 0 N–H and O–H groups in total. The maximum Gasteiger partial charge on any atom is 0.381 e. The number of carbonyl (C=O) groups is 1. The van der Waals surface area contributed by atoms with E-state index in [0.29, 0.717) is 6.20 Å². The highest BCUT2D eigenvalue weighted by Crippen LogP contribution is 2.29. The Kier molecular flexibility index (Phi) is 5.02. The Morgan fingerprint density at radius 3 is 2.75 bits per heavy atom. The number of halogens is 2. The molecule has 1 aromatic rings. The number of pyridine rings is 1. The molecule has 1 heterocycles. The van der Waals surface area contributed by atoms with E-state index in [2.05, 4.69) is 9.72 Å². The minimum Gasteiger partial charge on any atom is -0.466 e. The lowest BCUT2D eigenvalue weighted by molar-refractivity contribution is -0.389. The normalized spacial score (nSPS) is 10.2. The molecule has 0 aliphatic heterocycles. The Bertz CT molecular complexity index is 584. The molecule has 0 fully saturated rings. The molecule has 9 heteroatoms. The van der Waals surface area contributed by atoms with Crippen LogP contribution in [0.5, 0.6) is 0 Å². The summed E-state index contributed by atoms with van der Waals surface area (Å²) in [7, 11) is 0. The summed E-state index contributed by atoms with van der Waals surface area (Å²) >= 11 is 0. The fourth-order valence-corrected chi connectivity index (χ4v) is 1.54. The van der Waals surface area contributed by atoms with Crippen LogP contribution in [0, 0.1) is 21.4 Å². The first kappa shape index (κ1) is 15.4. The average molecular weight is 285 g/mol. The summed E-state index contributed by atoms with van der Waals surface area (Å²) in [5.74, 6) is -1.72. The van der Waals surface area contributed by atoms with E-state index in [1.165, 1.54) is 13.0 Å². The van der Waals surface area contributed by atoms with E-state index >= 15 is 0 Å². The van der Waals surface area contributed by atoms with Gasteiger partial charge in [-0.3, -0.25) is 4.79 Å². The molecule has 7 nitrogen and oxygen atoms in total. The van der Waals surface area contributed by atoms with Crippen molar-refractivity contribution in [3.8, 4) is 6.07 Å². The first-order chi connectivity index (χ1) is 9.42. The molecule has 0 spiro atoms. The molecule has 1 rings (SSSR count). The van der Waals surface area contributed by atoms with E-state index in [4.69, 9.17) is 5.26 Å². The Balaban J connectivity index is 3.41. The number of esters is 1. The molecular formula is C11H9F2N3O4. The van der Waals surface area contributed by atoms with E-state index in [9.17, 15) is 23.7 Å². The van der Waals surface area contributed by atoms with Gasteiger partial charge < -0.3 is 14.9 Å². The zero-order valence-electron chi connectivity index (χ0n) is 10.3. The number of alkyl halides is 2. The molecule has 0 aliphatic rings. The molecule has 0 bridgehead atoms. The van der Waals surface area contributed by atoms with Crippen molar-refractivity contribution in [1.82, 2.24) is 4.98 Å². The van der Waals surface area contributed by atoms with Crippen LogP contribution in [0.1, 0.15) is 30.0 Å². The monoisotopic (exact) mass is 285 g/mol. The van der Waals surface area contributed by atoms with Crippen molar-refractivity contribution in [3.05, 3.63) is 33.0 Å². The molecule has 0 saturated carbocycles. The molecule has 0 radical (unpaired) electrons. The highest BCUT2D eigenvalue weighted by molar-refractivity contribution is 5.75. The largest absolute Gasteiger partial charge is 0.466 e. The van der Waals surface area contributed by atoms with Crippen LogP contribution < -0.4 is 0 Å². The summed E-state index contributed by atoms with van der Waals surface area (Å²) < 4.78 is 30.3. The predicted octanol–water partition coefficient (Wildman–Crippen LogP) is 1.90. The first-order valence-electron chi connectivity index (χ1n) is 5.42. The summed E-state index contributed by atoms with van der Waals surface area (Å²) in [6.07, 6.45) is -3.07. The van der Waals surface area contributed by atoms with Crippen molar-refractivity contribution in [2.24, 2.45) is 0 Å². The lowest BCUT2D eigenvalue weighted by Gasteiger charge is -2.09. The lowest BCUT2D eigenvalue weighted by atomic mass is 10.0. The first-order valence-corrected chi connectivity index (χ1v) is 5.42. The second-order valence-electron chi connectivity index (χ2n) is 3.54. The van der Waals surface area contributed by atoms with Crippen molar-refractivity contribution < 1.29 is 23.2 Å². The molecule has 0 unspecified atom stereocenters. The van der Waals surface area contributed by atoms with Crippen molar-refractivity contribution >= 4 is 11.8 Å². The Morgan fingerprint density at radius 2 is 2.30 bits per heavy atom. The number of carbonyl (C=O) groups excluding carboxylic acids is 1. The highest BCUT2D eigenvalue weighted by Gasteiger charge is 2.28. The van der Waals surface area contributed by atoms with Crippen LogP contribution in [-0.4, -0.2) is 22.5 Å². The zero-order chi connectivity index (χ0) is 15.3. The van der Waals surface area contributed by atoms with Crippen molar-refractivity contribution in [1.29, 1.82) is 5.26 Å². The van der Waals surface area contributed by atoms with Gasteiger partial charge in [-0.25, -0.2) is 8.78 Å². The summed E-state index contributed by atoms with van der Waals surface area (Å²) in [4.78, 5) is 24.3. The van der Waals surface area contributed by atoms with Crippen LogP contribution in [-0.2, 0) is 16.0 Å². The van der Waals surface area contributed by atoms with Gasteiger partial charge in [0.1, 0.15) is 12.3 Å². The number of hydrogen-bond donors (Lipinski definition) is 0. The number of aromatic nitrogens is 1. The molecule has 0 saturated heterocycles. The molecule has 0 aromatic carbocycles. The zero-order valence-corrected chi connectivity index (χ0v) is 10.3. The lowest BCUT2D eigenvalue weighted by Crippen LogP contribution is -2.13. The second-order valence-corrected chi connectivity index (χ2v) is 3.54. The number of rotatable bonds is 5. The van der Waals surface area contributed by atoms with E-state index in [1.54, 1.807) is 0 Å². The van der Waals surface area contributed by atoms with Crippen molar-refractivity contribution in [2.45, 2.75) is 19.8 Å². The van der Waals surface area contributed by atoms with Gasteiger partial charge >= 0.3 is 11.8 Å². The molecule has 106 valence electrons. The van der Waals surface area contributed by atoms with Crippen LogP contribution in [0.2, 0.25) is 0 Å². The summed E-state index contributed by atoms with van der Waals surface area (Å²) in [6.45, 7) is 1.55. The maximum atomic E-state index is 12.8. The number of nitriles is 1. The molecule has 20 heavy (non-hydrogen) atoms. The van der Waals surface area contributed by atoms with Gasteiger partial charge in [0.2, 0.25) is 0 Å². The van der Waals surface area contributed by atoms with E-state index in [1.807, 2.05) is 0 Å². The molecule has 0 aliphatic carbocycles. The molecule has 0 amide bonds. The third-order valence-corrected chi connectivity index (χ3v) is 2.35. The van der Waals surface area contributed by atoms with Crippen LogP contribution in [0.4, 0.5) is 14.6 Å². The number of nitro groups is 1. The Labute approximate surface area is 111 Å². The van der Waals surface area contributed by atoms with Gasteiger partial charge in [0.05, 0.1) is 18.6 Å². The fourth-order valence-electron chi connectivity index (χ4n) is 1.54. The molecular weight excluding hydrogens is 276 g/mol. The molecule has 1 aromatic heterocycles. The maximum absolute atomic E-state index is 12.8. The average Bonchev–Trinajstić information content (AvgIpc) is 2.37. The standard InChI is InChI=1S/C11H9F2N3O4/c1-2-20-9(17)3-6-7(4-14)11(16(18)19)15-5-8(6)10(12)13/h5,10H,2-3H2,1H3. The van der Waals surface area contributed by atoms with Gasteiger partial charge in [-0.05, 0) is 16.8 Å². The third-order valence-electron chi connectivity index (χ3n) is 2.35. The Morgan fingerprint density at radius 1 is 1.65 bits per heavy atom. The van der Waals surface area contributed by atoms with Crippen molar-refractivity contribution in [2.75, 3.05) is 6.61 Å². The van der Waals surface area contributed by atoms with Crippen LogP contribution in [0.3, 0.4) is 0 Å². The topological polar surface area (TPSA) is 106 Å². The second kappa shape index (κ2) is 6.51. The van der Waals surface area contributed by atoms with Gasteiger partial charge in [0.15, 0.2) is 5.56 Å². The number of ether oxygens (including phenoxy) is 1. The van der Waals surface area contributed by atoms with Gasteiger partial charge in [-0.15, -0.1) is 0 Å². The van der Waals surface area contributed by atoms with E-state index in [-0.39, 0.29) is 6.61 Å². The van der Waals surface area contributed by atoms with Gasteiger partial charge in [0, 0.05) is 5.56 Å². The fraction of sp³-hybridized carbons (Fsp3) is 0.364. The van der Waals surface area contributed by atoms with E-state index in [0.717, 1.165) is 0 Å². The van der Waals surface area contributed by atoms with Crippen LogP contribution >= 0.6 is 0 Å². The summed E-state index contributed by atoms with van der Waals surface area (Å²) in [5.41, 5.74) is -1.77. The van der Waals surface area contributed by atoms with Crippen LogP contribution in [0.15, 0.2) is 6.20 Å². The number of hydrogen-bond acceptors (Lipinski definition) is 6. The Hall–Kier alpha value is -2.63. The summed E-state index contributed by atoms with van der Waals surface area (Å²) in [5, 5.41) is 19.6. The molecule has 0 atom stereocenters. The predicted molar refractivity (Wildman–Crippen MR) is 60.9 cm³/mol. The number of nitrogens with zero attached hydrogens (tertiary/aromatic N) is 3. The van der Waals surface area contributed by atoms with E-state index < -0.39 is 46.2 Å². The summed E-state index contributed by atoms with van der Waals surface area (Å²) in [6, 6.07) is 1.44. The van der Waals surface area contributed by atoms with Gasteiger partial charge in [-0.1, -0.05) is 0 Å². The highest BCUT2D eigenvalue weighted by atomic mass is 19.3. The smallest absolute Gasteiger partial charge is 0.381 e. The minimum absolute atomic E-state index is 0.0257. The SMILES string of the molecule is CCOC(=O)Cc1c(C(F)F)cnc([N+](=O)[O-])c1C#N. The third kappa shape index (κ3) is 3.23. The van der Waals surface area contributed by atoms with Crippen LogP contribution in [0.25, 0.3) is 0 Å². The van der Waals surface area contributed by atoms with Crippen molar-refractivity contribution in [3.63, 3.8) is 0 Å².